The van der Waals surface area contributed by atoms with Crippen LogP contribution in [0.5, 0.6) is 0 Å². The minimum absolute atomic E-state index is 0.510. The molecule has 0 saturated carbocycles. The molecule has 0 nitrogen and oxygen atoms in total. The molecular formula is C10H23P. The van der Waals surface area contributed by atoms with Crippen LogP contribution in [0.4, 0.5) is 0 Å². The van der Waals surface area contributed by atoms with Crippen molar-refractivity contribution in [3.8, 4) is 0 Å². The van der Waals surface area contributed by atoms with Crippen LogP contribution in [-0.4, -0.2) is 6.16 Å². The van der Waals surface area contributed by atoms with Crippen LogP contribution >= 0.6 is 9.24 Å². The highest BCUT2D eigenvalue weighted by molar-refractivity contribution is 7.16. The van der Waals surface area contributed by atoms with Crippen LogP contribution in [0.25, 0.3) is 0 Å². The Bertz CT molecular complexity index is 105. The molecule has 0 aromatic rings. The zero-order valence-electron chi connectivity index (χ0n) is 8.65. The molecule has 0 aliphatic rings. The monoisotopic (exact) mass is 174 g/mol. The molecule has 11 heavy (non-hydrogen) atoms. The van der Waals surface area contributed by atoms with Gasteiger partial charge in [-0.3, -0.25) is 0 Å². The van der Waals surface area contributed by atoms with E-state index < -0.39 is 0 Å². The van der Waals surface area contributed by atoms with Crippen LogP contribution in [0.3, 0.4) is 0 Å². The fourth-order valence-electron chi connectivity index (χ4n) is 1.57. The molecule has 0 heterocycles. The molecule has 0 bridgehead atoms. The summed E-state index contributed by atoms with van der Waals surface area (Å²) in [5, 5.41) is 0. The van der Waals surface area contributed by atoms with Gasteiger partial charge in [0.1, 0.15) is 0 Å². The molecule has 0 aromatic carbocycles. The molecule has 0 saturated heterocycles. The molecule has 0 N–H and O–H groups in total. The van der Waals surface area contributed by atoms with Gasteiger partial charge in [-0.1, -0.05) is 34.6 Å². The van der Waals surface area contributed by atoms with Gasteiger partial charge in [-0.15, -0.1) is 9.24 Å². The van der Waals surface area contributed by atoms with Crippen LogP contribution in [-0.2, 0) is 0 Å². The van der Waals surface area contributed by atoms with Gasteiger partial charge in [0.05, 0.1) is 0 Å². The molecule has 1 heteroatoms. The molecule has 0 aliphatic carbocycles. The minimum atomic E-state index is 0.510. The number of hydrogen-bond donors (Lipinski definition) is 0. The topological polar surface area (TPSA) is 0 Å². The summed E-state index contributed by atoms with van der Waals surface area (Å²) in [4.78, 5) is 0. The predicted octanol–water partition coefficient (Wildman–Crippen LogP) is 3.57. The van der Waals surface area contributed by atoms with E-state index in [1.807, 2.05) is 0 Å². The highest BCUT2D eigenvalue weighted by Crippen LogP contribution is 2.34. The highest BCUT2D eigenvalue weighted by atomic mass is 31.0. The van der Waals surface area contributed by atoms with E-state index in [0.29, 0.717) is 5.41 Å². The van der Waals surface area contributed by atoms with Gasteiger partial charge in [-0.2, -0.15) is 0 Å². The van der Waals surface area contributed by atoms with Gasteiger partial charge in [0.15, 0.2) is 0 Å². The first-order valence-corrected chi connectivity index (χ1v) is 5.42. The molecule has 2 atom stereocenters. The fraction of sp³-hybridized carbons (Fsp3) is 1.00. The third kappa shape index (κ3) is 4.11. The molecule has 0 radical (unpaired) electrons. The molecule has 68 valence electrons. The summed E-state index contributed by atoms with van der Waals surface area (Å²) in [5.74, 6) is 1.64. The summed E-state index contributed by atoms with van der Waals surface area (Å²) < 4.78 is 0. The van der Waals surface area contributed by atoms with Crippen molar-refractivity contribution in [3.05, 3.63) is 0 Å². The lowest BCUT2D eigenvalue weighted by Gasteiger charge is -2.32. The third-order valence-corrected chi connectivity index (χ3v) is 3.33. The molecule has 0 aliphatic heterocycles. The van der Waals surface area contributed by atoms with Crippen LogP contribution in [0.2, 0.25) is 0 Å². The first-order chi connectivity index (χ1) is 4.90. The summed E-state index contributed by atoms with van der Waals surface area (Å²) in [6, 6.07) is 0. The Morgan fingerprint density at radius 1 is 1.18 bits per heavy atom. The highest BCUT2D eigenvalue weighted by Gasteiger charge is 2.24. The zero-order chi connectivity index (χ0) is 9.07. The Balaban J connectivity index is 3.98. The molecular weight excluding hydrogens is 151 g/mol. The van der Waals surface area contributed by atoms with Crippen molar-refractivity contribution < 1.29 is 0 Å². The van der Waals surface area contributed by atoms with E-state index in [1.54, 1.807) is 0 Å². The smallest absolute Gasteiger partial charge is 0.0323 e. The first kappa shape index (κ1) is 11.4. The van der Waals surface area contributed by atoms with E-state index in [2.05, 4.69) is 43.9 Å². The summed E-state index contributed by atoms with van der Waals surface area (Å²) in [6.07, 6.45) is 2.56. The largest absolute Gasteiger partial charge is 0.137 e. The Hall–Kier alpha value is 0.430. The van der Waals surface area contributed by atoms with Gasteiger partial charge in [0.25, 0.3) is 0 Å². The van der Waals surface area contributed by atoms with Crippen molar-refractivity contribution >= 4 is 9.24 Å². The predicted molar refractivity (Wildman–Crippen MR) is 57.0 cm³/mol. The van der Waals surface area contributed by atoms with Crippen molar-refractivity contribution in [1.82, 2.24) is 0 Å². The van der Waals surface area contributed by atoms with Crippen molar-refractivity contribution in [2.45, 2.75) is 41.0 Å². The molecule has 0 fully saturated rings. The van der Waals surface area contributed by atoms with Crippen LogP contribution in [0.1, 0.15) is 41.0 Å². The zero-order valence-corrected chi connectivity index (χ0v) is 9.80. The van der Waals surface area contributed by atoms with Gasteiger partial charge >= 0.3 is 0 Å². The molecule has 0 spiro atoms. The van der Waals surface area contributed by atoms with Crippen molar-refractivity contribution in [1.29, 1.82) is 0 Å². The lowest BCUT2D eigenvalue weighted by Crippen LogP contribution is -2.24. The maximum Gasteiger partial charge on any atom is -0.0323 e. The van der Waals surface area contributed by atoms with Crippen LogP contribution in [0.15, 0.2) is 0 Å². The minimum Gasteiger partial charge on any atom is -0.137 e. The van der Waals surface area contributed by atoms with Crippen molar-refractivity contribution in [2.24, 2.45) is 17.3 Å². The summed E-state index contributed by atoms with van der Waals surface area (Å²) in [5.41, 5.74) is 0.510. The quantitative estimate of drug-likeness (QED) is 0.571. The second kappa shape index (κ2) is 4.45. The van der Waals surface area contributed by atoms with Gasteiger partial charge in [-0.25, -0.2) is 0 Å². The number of hydrogen-bond acceptors (Lipinski definition) is 0. The lowest BCUT2D eigenvalue weighted by atomic mass is 9.75. The van der Waals surface area contributed by atoms with E-state index in [0.717, 1.165) is 11.8 Å². The van der Waals surface area contributed by atoms with E-state index in [4.69, 9.17) is 0 Å². The summed E-state index contributed by atoms with van der Waals surface area (Å²) >= 11 is 0. The van der Waals surface area contributed by atoms with E-state index in [9.17, 15) is 0 Å². The Morgan fingerprint density at radius 2 is 1.64 bits per heavy atom. The first-order valence-electron chi connectivity index (χ1n) is 4.60. The number of rotatable bonds is 4. The lowest BCUT2D eigenvalue weighted by molar-refractivity contribution is 0.203. The van der Waals surface area contributed by atoms with Crippen LogP contribution < -0.4 is 0 Å². The Morgan fingerprint density at radius 3 is 1.91 bits per heavy atom. The SMILES string of the molecule is CC(C)CC(C)(C)C(C)CP. The standard InChI is InChI=1S/C10H23P/c1-8(2)6-10(4,5)9(3)7-11/h8-9H,6-7,11H2,1-5H3. The Kier molecular flexibility index (Phi) is 4.63. The van der Waals surface area contributed by atoms with Crippen molar-refractivity contribution in [3.63, 3.8) is 0 Å². The molecule has 0 rings (SSSR count). The molecule has 2 unspecified atom stereocenters. The van der Waals surface area contributed by atoms with E-state index in [1.165, 1.54) is 12.6 Å². The molecule has 0 aromatic heterocycles. The van der Waals surface area contributed by atoms with E-state index in [-0.39, 0.29) is 0 Å². The van der Waals surface area contributed by atoms with Crippen molar-refractivity contribution in [2.75, 3.05) is 6.16 Å². The second-order valence-corrected chi connectivity index (χ2v) is 5.19. The maximum absolute atomic E-state index is 2.84. The summed E-state index contributed by atoms with van der Waals surface area (Å²) in [6.45, 7) is 11.7. The third-order valence-electron chi connectivity index (χ3n) is 2.62. The van der Waals surface area contributed by atoms with Gasteiger partial charge in [-0.05, 0) is 29.8 Å². The Labute approximate surface area is 74.4 Å². The molecule has 0 amide bonds. The van der Waals surface area contributed by atoms with Gasteiger partial charge in [0, 0.05) is 0 Å². The average molecular weight is 174 g/mol. The normalized spacial score (nSPS) is 15.5. The van der Waals surface area contributed by atoms with Gasteiger partial charge < -0.3 is 0 Å². The van der Waals surface area contributed by atoms with Gasteiger partial charge in [0.2, 0.25) is 0 Å². The maximum atomic E-state index is 2.84. The van der Waals surface area contributed by atoms with E-state index >= 15 is 0 Å². The summed E-state index contributed by atoms with van der Waals surface area (Å²) in [7, 11) is 2.84. The fourth-order valence-corrected chi connectivity index (χ4v) is 2.21. The average Bonchev–Trinajstić information content (AvgIpc) is 1.83. The van der Waals surface area contributed by atoms with Crippen LogP contribution in [0, 0.1) is 17.3 Å². The second-order valence-electron chi connectivity index (χ2n) is 4.72.